The van der Waals surface area contributed by atoms with Crippen molar-refractivity contribution in [2.24, 2.45) is 0 Å². The van der Waals surface area contributed by atoms with Crippen molar-refractivity contribution in [3.63, 3.8) is 0 Å². The first kappa shape index (κ1) is 21.1. The van der Waals surface area contributed by atoms with E-state index in [1.165, 1.54) is 0 Å². The van der Waals surface area contributed by atoms with Gasteiger partial charge in [-0.3, -0.25) is 0 Å². The summed E-state index contributed by atoms with van der Waals surface area (Å²) in [7, 11) is -3.66. The van der Waals surface area contributed by atoms with E-state index in [4.69, 9.17) is 11.5 Å². The van der Waals surface area contributed by atoms with Crippen LogP contribution in [-0.4, -0.2) is 8.42 Å². The minimum Gasteiger partial charge on any atom is -0.399 e. The lowest BCUT2D eigenvalue weighted by molar-refractivity contribution is 0.582. The van der Waals surface area contributed by atoms with Crippen LogP contribution in [0.3, 0.4) is 0 Å². The smallest absolute Gasteiger partial charge is 0.241 e. The van der Waals surface area contributed by atoms with Gasteiger partial charge in [-0.1, -0.05) is 36.4 Å². The number of sulfonamides is 1. The highest BCUT2D eigenvalue weighted by Gasteiger charge is 2.17. The Kier molecular flexibility index (Phi) is 7.07. The van der Waals surface area contributed by atoms with Gasteiger partial charge in [-0.25, -0.2) is 13.1 Å². The molecule has 5 N–H and O–H groups in total. The van der Waals surface area contributed by atoms with Crippen molar-refractivity contribution in [2.75, 3.05) is 11.5 Å². The monoisotopic (exact) mass is 399 g/mol. The molecule has 3 aromatic rings. The van der Waals surface area contributed by atoms with E-state index in [1.54, 1.807) is 48.5 Å². The number of nitrogens with two attached hydrogens (primary N) is 2. The Labute approximate surface area is 159 Å². The molecule has 0 unspecified atom stereocenters. The molecule has 25 heavy (non-hydrogen) atoms. The van der Waals surface area contributed by atoms with Crippen molar-refractivity contribution in [3.05, 3.63) is 66.2 Å². The minimum atomic E-state index is -3.66. The summed E-state index contributed by atoms with van der Waals surface area (Å²) in [5.41, 5.74) is 13.6. The molecule has 0 spiro atoms. The van der Waals surface area contributed by atoms with Crippen molar-refractivity contribution >= 4 is 57.0 Å². The molecule has 5 nitrogen and oxygen atoms in total. The molecule has 0 saturated heterocycles. The van der Waals surface area contributed by atoms with Crippen LogP contribution in [0, 0.1) is 0 Å². The third kappa shape index (κ3) is 4.55. The van der Waals surface area contributed by atoms with Gasteiger partial charge in [-0.15, -0.1) is 24.8 Å². The van der Waals surface area contributed by atoms with E-state index < -0.39 is 10.0 Å². The highest BCUT2D eigenvalue weighted by molar-refractivity contribution is 7.89. The predicted octanol–water partition coefficient (Wildman–Crippen LogP) is 3.33. The summed E-state index contributed by atoms with van der Waals surface area (Å²) in [5.74, 6) is 0. The van der Waals surface area contributed by atoms with Gasteiger partial charge in [0.2, 0.25) is 10.0 Å². The molecule has 0 radical (unpaired) electrons. The van der Waals surface area contributed by atoms with E-state index in [-0.39, 0.29) is 36.3 Å². The van der Waals surface area contributed by atoms with E-state index >= 15 is 0 Å². The van der Waals surface area contributed by atoms with Crippen LogP contribution in [0.5, 0.6) is 0 Å². The number of hydrogen-bond acceptors (Lipinski definition) is 4. The highest BCUT2D eigenvalue weighted by atomic mass is 35.5. The lowest BCUT2D eigenvalue weighted by Gasteiger charge is -2.11. The fourth-order valence-corrected chi connectivity index (χ4v) is 3.74. The second-order valence-corrected chi connectivity index (χ2v) is 7.00. The molecule has 8 heteroatoms. The van der Waals surface area contributed by atoms with Gasteiger partial charge >= 0.3 is 0 Å². The number of anilines is 2. The van der Waals surface area contributed by atoms with Crippen molar-refractivity contribution < 1.29 is 8.42 Å². The molecule has 3 rings (SSSR count). The van der Waals surface area contributed by atoms with Crippen molar-refractivity contribution in [1.82, 2.24) is 4.72 Å². The van der Waals surface area contributed by atoms with Gasteiger partial charge in [0.05, 0.1) is 4.90 Å². The van der Waals surface area contributed by atoms with Gasteiger partial charge in [0.1, 0.15) is 0 Å². The van der Waals surface area contributed by atoms with Crippen LogP contribution in [0.25, 0.3) is 10.8 Å². The Morgan fingerprint density at radius 2 is 1.48 bits per heavy atom. The second kappa shape index (κ2) is 8.40. The molecule has 3 aromatic carbocycles. The van der Waals surface area contributed by atoms with Crippen molar-refractivity contribution in [1.29, 1.82) is 0 Å². The third-order valence-corrected chi connectivity index (χ3v) is 5.08. The average molecular weight is 400 g/mol. The molecule has 0 aromatic heterocycles. The first-order chi connectivity index (χ1) is 11.0. The number of hydrogen-bond donors (Lipinski definition) is 3. The van der Waals surface area contributed by atoms with Crippen LogP contribution >= 0.6 is 24.8 Å². The summed E-state index contributed by atoms with van der Waals surface area (Å²) >= 11 is 0. The first-order valence-corrected chi connectivity index (χ1v) is 8.57. The molecule has 0 atom stereocenters. The quantitative estimate of drug-likeness (QED) is 0.585. The molecule has 0 aliphatic heterocycles. The zero-order chi connectivity index (χ0) is 16.4. The topological polar surface area (TPSA) is 98.2 Å². The molecular formula is C17H19Cl2N3O2S. The van der Waals surface area contributed by atoms with Crippen LogP contribution in [0.2, 0.25) is 0 Å². The van der Waals surface area contributed by atoms with Gasteiger partial charge in [-0.05, 0) is 29.8 Å². The Bertz CT molecular complexity index is 979. The van der Waals surface area contributed by atoms with Crippen LogP contribution in [-0.2, 0) is 16.6 Å². The largest absolute Gasteiger partial charge is 0.399 e. The fourth-order valence-electron chi connectivity index (χ4n) is 2.50. The average Bonchev–Trinajstić information content (AvgIpc) is 2.53. The maximum absolute atomic E-state index is 12.6. The van der Waals surface area contributed by atoms with Crippen LogP contribution in [0.1, 0.15) is 5.56 Å². The molecule has 0 saturated carbocycles. The Morgan fingerprint density at radius 1 is 0.840 bits per heavy atom. The van der Waals surface area contributed by atoms with Crippen LogP contribution in [0.4, 0.5) is 11.4 Å². The molecule has 134 valence electrons. The molecular weight excluding hydrogens is 381 g/mol. The molecule has 0 aliphatic rings. The summed E-state index contributed by atoms with van der Waals surface area (Å²) in [4.78, 5) is 0.214. The zero-order valence-electron chi connectivity index (χ0n) is 13.2. The fraction of sp³-hybridized carbons (Fsp3) is 0.0588. The lowest BCUT2D eigenvalue weighted by Crippen LogP contribution is -2.23. The third-order valence-electron chi connectivity index (χ3n) is 3.62. The van der Waals surface area contributed by atoms with Gasteiger partial charge < -0.3 is 11.5 Å². The molecule has 0 amide bonds. The van der Waals surface area contributed by atoms with Crippen molar-refractivity contribution in [2.45, 2.75) is 11.4 Å². The summed E-state index contributed by atoms with van der Waals surface area (Å²) in [6.45, 7) is 0.173. The maximum atomic E-state index is 12.6. The normalized spacial score (nSPS) is 10.7. The molecule has 0 bridgehead atoms. The second-order valence-electron chi connectivity index (χ2n) is 5.27. The summed E-state index contributed by atoms with van der Waals surface area (Å²) in [5, 5.41) is 1.33. The van der Waals surface area contributed by atoms with Crippen LogP contribution < -0.4 is 16.2 Å². The summed E-state index contributed by atoms with van der Waals surface area (Å²) in [6, 6.07) is 17.4. The zero-order valence-corrected chi connectivity index (χ0v) is 15.6. The lowest BCUT2D eigenvalue weighted by atomic mass is 10.1. The standard InChI is InChI=1S/C17H17N3O2S.2ClH/c18-13-5-1-4-12(10-13)11-20-23(21,22)17-9-3-6-14-15(17)7-2-8-16(14)19;;/h1-10,20H,11,18-19H2;2*1H. The van der Waals surface area contributed by atoms with E-state index in [2.05, 4.69) is 4.72 Å². The summed E-state index contributed by atoms with van der Waals surface area (Å²) in [6.07, 6.45) is 0. The van der Waals surface area contributed by atoms with E-state index in [0.717, 1.165) is 10.9 Å². The number of halogens is 2. The van der Waals surface area contributed by atoms with E-state index in [9.17, 15) is 8.42 Å². The predicted molar refractivity (Wildman–Crippen MR) is 108 cm³/mol. The molecule has 0 fully saturated rings. The molecule has 0 heterocycles. The number of rotatable bonds is 4. The first-order valence-electron chi connectivity index (χ1n) is 7.09. The SMILES string of the molecule is Cl.Cl.Nc1cccc(CNS(=O)(=O)c2cccc3c(N)cccc23)c1. The number of benzene rings is 3. The van der Waals surface area contributed by atoms with Crippen LogP contribution in [0.15, 0.2) is 65.6 Å². The highest BCUT2D eigenvalue weighted by Crippen LogP contribution is 2.27. The Hall–Kier alpha value is -1.99. The maximum Gasteiger partial charge on any atom is 0.241 e. The minimum absolute atomic E-state index is 0. The van der Waals surface area contributed by atoms with Gasteiger partial charge in [0.25, 0.3) is 0 Å². The number of nitrogens with one attached hydrogen (secondary N) is 1. The molecule has 0 aliphatic carbocycles. The van der Waals surface area contributed by atoms with Gasteiger partial charge in [-0.2, -0.15) is 0 Å². The number of fused-ring (bicyclic) bond motifs is 1. The number of nitrogen functional groups attached to an aromatic ring is 2. The van der Waals surface area contributed by atoms with E-state index in [0.29, 0.717) is 16.8 Å². The van der Waals surface area contributed by atoms with E-state index in [1.807, 2.05) is 12.1 Å². The summed E-state index contributed by atoms with van der Waals surface area (Å²) < 4.78 is 27.9. The van der Waals surface area contributed by atoms with Gasteiger partial charge in [0.15, 0.2) is 0 Å². The Morgan fingerprint density at radius 3 is 2.20 bits per heavy atom. The Balaban J connectivity index is 0.00000156. The van der Waals surface area contributed by atoms with Gasteiger partial charge in [0, 0.05) is 28.7 Å². The van der Waals surface area contributed by atoms with Crippen molar-refractivity contribution in [3.8, 4) is 0 Å².